The number of carbonyl (C=O) groups is 1. The first-order valence-corrected chi connectivity index (χ1v) is 13.2. The number of aromatic nitrogens is 3. The van der Waals surface area contributed by atoms with Crippen molar-refractivity contribution in [2.75, 3.05) is 32.4 Å². The van der Waals surface area contributed by atoms with E-state index in [2.05, 4.69) is 15.2 Å². The third-order valence-corrected chi connectivity index (χ3v) is 8.45. The van der Waals surface area contributed by atoms with Crippen molar-refractivity contribution in [1.29, 1.82) is 4.78 Å². The molecular formula is C22H27F3N6O2S. The number of benzene rings is 1. The lowest BCUT2D eigenvalue weighted by Crippen LogP contribution is -2.65. The molecule has 12 heteroatoms. The number of urea groups is 1. The summed E-state index contributed by atoms with van der Waals surface area (Å²) < 4.78 is 59.7. The molecule has 34 heavy (non-hydrogen) atoms. The van der Waals surface area contributed by atoms with Crippen molar-refractivity contribution < 1.29 is 22.2 Å². The van der Waals surface area contributed by atoms with Crippen molar-refractivity contribution in [2.45, 2.75) is 42.7 Å². The maximum Gasteiger partial charge on any atom is 0.416 e. The highest BCUT2D eigenvalue weighted by Crippen LogP contribution is 2.53. The molecule has 1 aromatic carbocycles. The van der Waals surface area contributed by atoms with Crippen molar-refractivity contribution in [3.8, 4) is 0 Å². The number of hydrogen-bond donors (Lipinski definition) is 2. The predicted molar refractivity (Wildman–Crippen MR) is 118 cm³/mol. The SMILES string of the molecule is CS(=N)(=O)c1cc(CC2CC3(C2)CN(C(=O)N2CC[C@H](c4ncn[nH]4)C2)C3)cc(C(F)(F)F)c1. The Bertz CT molecular complexity index is 1180. The maximum absolute atomic E-state index is 13.3. The number of alkyl halides is 3. The standard InChI is InChI=1S/C22H27F3N6O2S/c1-34(26,33)18-6-14(5-17(7-18)22(23,24)25)4-15-8-21(9-15)11-31(12-21)20(32)30-3-2-16(10-30)19-27-13-28-29-19/h5-7,13,15-16,26H,2-4,8-12H2,1H3,(H,27,28,29)/t16-,34?/m0/s1. The van der Waals surface area contributed by atoms with Crippen LogP contribution in [0.25, 0.3) is 0 Å². The van der Waals surface area contributed by atoms with Gasteiger partial charge in [-0.25, -0.2) is 18.8 Å². The highest BCUT2D eigenvalue weighted by molar-refractivity contribution is 7.91. The molecule has 0 radical (unpaired) electrons. The highest BCUT2D eigenvalue weighted by Gasteiger charge is 2.54. The average molecular weight is 497 g/mol. The van der Waals surface area contributed by atoms with E-state index in [0.29, 0.717) is 38.2 Å². The molecule has 1 aromatic heterocycles. The van der Waals surface area contributed by atoms with E-state index in [0.717, 1.165) is 43.5 Å². The molecule has 2 aromatic rings. The van der Waals surface area contributed by atoms with Crippen LogP contribution in [0.2, 0.25) is 0 Å². The molecular weight excluding hydrogens is 469 g/mol. The topological polar surface area (TPSA) is 106 Å². The van der Waals surface area contributed by atoms with E-state index in [-0.39, 0.29) is 28.2 Å². The van der Waals surface area contributed by atoms with Crippen LogP contribution in [-0.2, 0) is 22.3 Å². The Morgan fingerprint density at radius 1 is 1.26 bits per heavy atom. The van der Waals surface area contributed by atoms with E-state index in [1.807, 2.05) is 9.80 Å². The summed E-state index contributed by atoms with van der Waals surface area (Å²) >= 11 is 0. The van der Waals surface area contributed by atoms with E-state index in [4.69, 9.17) is 4.78 Å². The predicted octanol–water partition coefficient (Wildman–Crippen LogP) is 3.72. The number of H-pyrrole nitrogens is 1. The summed E-state index contributed by atoms with van der Waals surface area (Å²) in [7, 11) is -3.25. The zero-order valence-electron chi connectivity index (χ0n) is 18.8. The number of amides is 2. The Labute approximate surface area is 195 Å². The number of nitrogens with zero attached hydrogens (tertiary/aromatic N) is 4. The summed E-state index contributed by atoms with van der Waals surface area (Å²) in [6, 6.07) is 3.44. The van der Waals surface area contributed by atoms with Crippen LogP contribution >= 0.6 is 0 Å². The molecule has 0 bridgehead atoms. The van der Waals surface area contributed by atoms with Gasteiger partial charge in [-0.05, 0) is 55.4 Å². The minimum atomic E-state index is -4.55. The summed E-state index contributed by atoms with van der Waals surface area (Å²) in [4.78, 5) is 20.7. The van der Waals surface area contributed by atoms with E-state index in [1.165, 1.54) is 12.4 Å². The van der Waals surface area contributed by atoms with Crippen LogP contribution in [0.15, 0.2) is 29.4 Å². The number of rotatable bonds is 4. The summed E-state index contributed by atoms with van der Waals surface area (Å²) in [5.74, 6) is 1.20. The van der Waals surface area contributed by atoms with Gasteiger partial charge in [-0.15, -0.1) is 0 Å². The fraction of sp³-hybridized carbons (Fsp3) is 0.591. The smallest absolute Gasteiger partial charge is 0.324 e. The molecule has 1 saturated carbocycles. The van der Waals surface area contributed by atoms with Gasteiger partial charge in [0.05, 0.1) is 15.3 Å². The molecule has 2 N–H and O–H groups in total. The molecule has 2 atom stereocenters. The lowest BCUT2D eigenvalue weighted by molar-refractivity contribution is -0.137. The highest BCUT2D eigenvalue weighted by atomic mass is 32.2. The van der Waals surface area contributed by atoms with E-state index in [1.54, 1.807) is 0 Å². The summed E-state index contributed by atoms with van der Waals surface area (Å²) in [5.41, 5.74) is -0.331. The number of halogens is 3. The second-order valence-electron chi connectivity index (χ2n) is 10.1. The van der Waals surface area contributed by atoms with E-state index >= 15 is 0 Å². The molecule has 3 fully saturated rings. The van der Waals surface area contributed by atoms with Crippen molar-refractivity contribution in [1.82, 2.24) is 25.0 Å². The zero-order valence-corrected chi connectivity index (χ0v) is 19.6. The number of hydrogen-bond acceptors (Lipinski definition) is 5. The van der Waals surface area contributed by atoms with Crippen LogP contribution in [-0.4, -0.2) is 67.7 Å². The van der Waals surface area contributed by atoms with Crippen LogP contribution in [0.3, 0.4) is 0 Å². The number of aromatic amines is 1. The van der Waals surface area contributed by atoms with Crippen LogP contribution in [0.4, 0.5) is 18.0 Å². The Kier molecular flexibility index (Phi) is 5.41. The molecule has 184 valence electrons. The van der Waals surface area contributed by atoms with Crippen molar-refractivity contribution in [3.05, 3.63) is 41.5 Å². The number of nitrogens with one attached hydrogen (secondary N) is 2. The van der Waals surface area contributed by atoms with Gasteiger partial charge in [0.25, 0.3) is 0 Å². The first-order valence-electron chi connectivity index (χ1n) is 11.3. The Morgan fingerprint density at radius 3 is 2.62 bits per heavy atom. The van der Waals surface area contributed by atoms with Crippen molar-refractivity contribution in [3.63, 3.8) is 0 Å². The van der Waals surface area contributed by atoms with Gasteiger partial charge < -0.3 is 9.80 Å². The molecule has 2 aliphatic heterocycles. The Hall–Kier alpha value is -2.63. The third kappa shape index (κ3) is 4.39. The zero-order chi connectivity index (χ0) is 24.3. The molecule has 5 rings (SSSR count). The summed E-state index contributed by atoms with van der Waals surface area (Å²) in [6.07, 6.45) is 1.07. The van der Waals surface area contributed by atoms with Crippen LogP contribution < -0.4 is 0 Å². The molecule has 3 aliphatic rings. The Balaban J connectivity index is 1.16. The monoisotopic (exact) mass is 496 g/mol. The largest absolute Gasteiger partial charge is 0.416 e. The van der Waals surface area contributed by atoms with Gasteiger partial charge in [-0.3, -0.25) is 5.10 Å². The molecule has 2 amide bonds. The van der Waals surface area contributed by atoms with Crippen LogP contribution in [0.1, 0.15) is 42.1 Å². The fourth-order valence-corrected chi connectivity index (χ4v) is 6.46. The first-order chi connectivity index (χ1) is 15.9. The maximum atomic E-state index is 13.3. The fourth-order valence-electron chi connectivity index (χ4n) is 5.74. The van der Waals surface area contributed by atoms with Gasteiger partial charge in [0.1, 0.15) is 12.2 Å². The summed E-state index contributed by atoms with van der Waals surface area (Å²) in [5, 5.41) is 6.75. The Morgan fingerprint density at radius 2 is 2.00 bits per heavy atom. The van der Waals surface area contributed by atoms with Crippen LogP contribution in [0, 0.1) is 16.1 Å². The molecule has 8 nitrogen and oxygen atoms in total. The van der Waals surface area contributed by atoms with Crippen molar-refractivity contribution >= 4 is 15.8 Å². The van der Waals surface area contributed by atoms with E-state index in [9.17, 15) is 22.2 Å². The second kappa shape index (κ2) is 7.96. The molecule has 2 saturated heterocycles. The quantitative estimate of drug-likeness (QED) is 0.673. The van der Waals surface area contributed by atoms with Gasteiger partial charge in [0.2, 0.25) is 0 Å². The van der Waals surface area contributed by atoms with Gasteiger partial charge in [0.15, 0.2) is 0 Å². The molecule has 1 aliphatic carbocycles. The van der Waals surface area contributed by atoms with Crippen molar-refractivity contribution in [2.24, 2.45) is 11.3 Å². The molecule has 1 unspecified atom stereocenters. The van der Waals surface area contributed by atoms with Gasteiger partial charge in [-0.2, -0.15) is 18.3 Å². The minimum absolute atomic E-state index is 0.0340. The lowest BCUT2D eigenvalue weighted by Gasteiger charge is -2.59. The molecule has 3 heterocycles. The first kappa shape index (κ1) is 23.1. The van der Waals surface area contributed by atoms with E-state index < -0.39 is 21.5 Å². The van der Waals surface area contributed by atoms with Gasteiger partial charge in [-0.1, -0.05) is 0 Å². The van der Waals surface area contributed by atoms with Gasteiger partial charge >= 0.3 is 12.2 Å². The lowest BCUT2D eigenvalue weighted by atomic mass is 9.56. The van der Waals surface area contributed by atoms with Crippen LogP contribution in [0.5, 0.6) is 0 Å². The minimum Gasteiger partial charge on any atom is -0.324 e. The third-order valence-electron chi connectivity index (χ3n) is 7.31. The van der Waals surface area contributed by atoms with Gasteiger partial charge in [0, 0.05) is 48.7 Å². The molecule has 1 spiro atoms. The second-order valence-corrected chi connectivity index (χ2v) is 12.3. The average Bonchev–Trinajstić information content (AvgIpc) is 3.38. The number of likely N-dealkylation sites (tertiary alicyclic amines) is 2. The normalized spacial score (nSPS) is 24.1. The summed E-state index contributed by atoms with van der Waals surface area (Å²) in [6.45, 7) is 2.66. The number of carbonyl (C=O) groups excluding carboxylic acids is 1.